The maximum atomic E-state index is 12.4. The molecule has 0 spiro atoms. The van der Waals surface area contributed by atoms with Crippen molar-refractivity contribution < 1.29 is 27.1 Å². The monoisotopic (exact) mass is 349 g/mol. The largest absolute Gasteiger partial charge is 0.574 e. The Bertz CT molecular complexity index is 408. The summed E-state index contributed by atoms with van der Waals surface area (Å²) in [6, 6.07) is 0.913. The van der Waals surface area contributed by atoms with E-state index in [-0.39, 0.29) is 15.4 Å². The van der Waals surface area contributed by atoms with Crippen LogP contribution in [0.5, 0.6) is 5.88 Å². The van der Waals surface area contributed by atoms with Crippen LogP contribution in [-0.4, -0.2) is 17.6 Å². The van der Waals surface area contributed by atoms with E-state index in [1.54, 1.807) is 22.6 Å². The van der Waals surface area contributed by atoms with E-state index in [2.05, 4.69) is 9.72 Å². The quantitative estimate of drug-likeness (QED) is 0.479. The molecule has 0 aliphatic carbocycles. The average Bonchev–Trinajstić information content (AvgIpc) is 2.14. The van der Waals surface area contributed by atoms with Gasteiger partial charge in [0, 0.05) is 15.2 Å². The fourth-order valence-electron chi connectivity index (χ4n) is 0.937. The van der Waals surface area contributed by atoms with E-state index in [1.165, 1.54) is 0 Å². The van der Waals surface area contributed by atoms with E-state index < -0.39 is 24.6 Å². The molecule has 8 heteroatoms. The number of rotatable bonds is 3. The molecule has 0 N–H and O–H groups in total. The van der Waals surface area contributed by atoms with Crippen molar-refractivity contribution in [2.24, 2.45) is 0 Å². The summed E-state index contributed by atoms with van der Waals surface area (Å²) in [5.41, 5.74) is -0.446. The third-order valence-corrected chi connectivity index (χ3v) is 2.51. The van der Waals surface area contributed by atoms with E-state index in [1.807, 2.05) is 0 Å². The van der Waals surface area contributed by atoms with Gasteiger partial charge in [-0.25, -0.2) is 9.37 Å². The van der Waals surface area contributed by atoms with E-state index in [4.69, 9.17) is 0 Å². The number of hydrogen-bond donors (Lipinski definition) is 0. The molecule has 0 aliphatic rings. The van der Waals surface area contributed by atoms with Gasteiger partial charge in [0.05, 0.1) is 0 Å². The normalized spacial score (nSPS) is 11.3. The summed E-state index contributed by atoms with van der Waals surface area (Å²) < 4.78 is 51.7. The predicted octanol–water partition coefficient (Wildman–Crippen LogP) is 2.87. The highest BCUT2D eigenvalue weighted by Gasteiger charge is 2.32. The fourth-order valence-corrected chi connectivity index (χ4v) is 1.62. The molecule has 0 saturated carbocycles. The molecular weight excluding hydrogens is 345 g/mol. The minimum atomic E-state index is -4.90. The van der Waals surface area contributed by atoms with E-state index in [0.717, 1.165) is 6.07 Å². The highest BCUT2D eigenvalue weighted by Crippen LogP contribution is 2.25. The zero-order valence-corrected chi connectivity index (χ0v) is 9.67. The second-order valence-electron chi connectivity index (χ2n) is 2.61. The van der Waals surface area contributed by atoms with Crippen LogP contribution in [0.1, 0.15) is 16.1 Å². The molecule has 3 nitrogen and oxygen atoms in total. The van der Waals surface area contributed by atoms with Gasteiger partial charge in [0.25, 0.3) is 0 Å². The lowest BCUT2D eigenvalue weighted by Crippen LogP contribution is -2.18. The minimum Gasteiger partial charge on any atom is -0.388 e. The number of halogens is 5. The van der Waals surface area contributed by atoms with Gasteiger partial charge in [-0.15, -0.1) is 13.2 Å². The van der Waals surface area contributed by atoms with Crippen LogP contribution in [0.2, 0.25) is 0 Å². The lowest BCUT2D eigenvalue weighted by molar-refractivity contribution is -0.276. The van der Waals surface area contributed by atoms with Gasteiger partial charge in [0.2, 0.25) is 5.88 Å². The first kappa shape index (κ1) is 13.1. The minimum absolute atomic E-state index is 0.0508. The maximum Gasteiger partial charge on any atom is 0.574 e. The molecule has 0 amide bonds. The van der Waals surface area contributed by atoms with Gasteiger partial charge < -0.3 is 4.74 Å². The molecule has 88 valence electrons. The summed E-state index contributed by atoms with van der Waals surface area (Å²) in [5.74, 6) is -0.781. The molecule has 1 rings (SSSR count). The molecule has 1 aromatic heterocycles. The van der Waals surface area contributed by atoms with Crippen molar-refractivity contribution in [1.82, 2.24) is 4.98 Å². The summed E-state index contributed by atoms with van der Waals surface area (Å²) in [6.07, 6.45) is -4.71. The highest BCUT2D eigenvalue weighted by atomic mass is 127. The standard InChI is InChI=1S/C8H4F4INO2/c9-2-4-5(13)1-7(14-6(4)3-15)16-8(10,11)12/h1,3H,2H2. The van der Waals surface area contributed by atoms with Crippen LogP contribution in [-0.2, 0) is 6.67 Å². The first-order valence-corrected chi connectivity index (χ1v) is 4.91. The van der Waals surface area contributed by atoms with Crippen molar-refractivity contribution >= 4 is 28.9 Å². The Morgan fingerprint density at radius 2 is 2.12 bits per heavy atom. The molecule has 0 fully saturated rings. The lowest BCUT2D eigenvalue weighted by atomic mass is 10.2. The first-order chi connectivity index (χ1) is 7.37. The van der Waals surface area contributed by atoms with E-state index >= 15 is 0 Å². The number of ether oxygens (including phenoxy) is 1. The maximum absolute atomic E-state index is 12.4. The van der Waals surface area contributed by atoms with Crippen molar-refractivity contribution in [3.8, 4) is 5.88 Å². The Kier molecular flexibility index (Phi) is 4.05. The molecule has 1 aromatic rings. The van der Waals surface area contributed by atoms with Gasteiger partial charge in [-0.1, -0.05) is 0 Å². The van der Waals surface area contributed by atoms with Crippen LogP contribution in [0, 0.1) is 3.57 Å². The Balaban J connectivity index is 3.15. The fraction of sp³-hybridized carbons (Fsp3) is 0.250. The molecule has 0 saturated heterocycles. The van der Waals surface area contributed by atoms with Crippen molar-refractivity contribution in [3.05, 3.63) is 20.9 Å². The van der Waals surface area contributed by atoms with Crippen LogP contribution >= 0.6 is 22.6 Å². The smallest absolute Gasteiger partial charge is 0.388 e. The number of alkyl halides is 4. The van der Waals surface area contributed by atoms with Gasteiger partial charge in [0.15, 0.2) is 6.29 Å². The third kappa shape index (κ3) is 3.29. The molecule has 16 heavy (non-hydrogen) atoms. The average molecular weight is 349 g/mol. The van der Waals surface area contributed by atoms with Gasteiger partial charge >= 0.3 is 6.36 Å². The zero-order valence-electron chi connectivity index (χ0n) is 7.52. The van der Waals surface area contributed by atoms with Gasteiger partial charge in [0.1, 0.15) is 12.4 Å². The number of aldehydes is 1. The molecule has 0 radical (unpaired) electrons. The molecule has 0 aliphatic heterocycles. The molecule has 0 aromatic carbocycles. The number of aromatic nitrogens is 1. The Morgan fingerprint density at radius 3 is 2.56 bits per heavy atom. The number of nitrogens with zero attached hydrogens (tertiary/aromatic N) is 1. The molecule has 0 unspecified atom stereocenters. The van der Waals surface area contributed by atoms with Gasteiger partial charge in [-0.3, -0.25) is 4.79 Å². The number of carbonyl (C=O) groups is 1. The van der Waals surface area contributed by atoms with Crippen molar-refractivity contribution in [3.63, 3.8) is 0 Å². The Labute approximate surface area is 101 Å². The lowest BCUT2D eigenvalue weighted by Gasteiger charge is -2.10. The topological polar surface area (TPSA) is 39.2 Å². The van der Waals surface area contributed by atoms with Crippen LogP contribution in [0.15, 0.2) is 6.07 Å². The zero-order chi connectivity index (χ0) is 12.3. The molecule has 0 bridgehead atoms. The molecular formula is C8H4F4INO2. The van der Waals surface area contributed by atoms with Crippen LogP contribution < -0.4 is 4.74 Å². The molecule has 0 atom stereocenters. The number of hydrogen-bond acceptors (Lipinski definition) is 3. The Morgan fingerprint density at radius 1 is 1.50 bits per heavy atom. The predicted molar refractivity (Wildman–Crippen MR) is 53.8 cm³/mol. The summed E-state index contributed by atoms with van der Waals surface area (Å²) in [5, 5.41) is 0. The second-order valence-corrected chi connectivity index (χ2v) is 3.77. The van der Waals surface area contributed by atoms with Gasteiger partial charge in [-0.2, -0.15) is 0 Å². The highest BCUT2D eigenvalue weighted by molar-refractivity contribution is 14.1. The SMILES string of the molecule is O=Cc1nc(OC(F)(F)F)cc(I)c1CF. The van der Waals surface area contributed by atoms with Crippen LogP contribution in [0.4, 0.5) is 17.6 Å². The van der Waals surface area contributed by atoms with Gasteiger partial charge in [-0.05, 0) is 22.6 Å². The summed E-state index contributed by atoms with van der Waals surface area (Å²) in [4.78, 5) is 13.7. The molecule has 1 heterocycles. The van der Waals surface area contributed by atoms with Crippen LogP contribution in [0.25, 0.3) is 0 Å². The first-order valence-electron chi connectivity index (χ1n) is 3.83. The second kappa shape index (κ2) is 4.93. The Hall–Kier alpha value is -0.930. The number of pyridine rings is 1. The van der Waals surface area contributed by atoms with E-state index in [0.29, 0.717) is 0 Å². The van der Waals surface area contributed by atoms with Crippen molar-refractivity contribution in [2.75, 3.05) is 0 Å². The van der Waals surface area contributed by atoms with Crippen LogP contribution in [0.3, 0.4) is 0 Å². The van der Waals surface area contributed by atoms with Crippen molar-refractivity contribution in [2.45, 2.75) is 13.0 Å². The third-order valence-electron chi connectivity index (χ3n) is 1.54. The summed E-state index contributed by atoms with van der Waals surface area (Å²) in [6.45, 7) is -0.981. The van der Waals surface area contributed by atoms with E-state index in [9.17, 15) is 22.4 Å². The number of carbonyl (C=O) groups excluding carboxylic acids is 1. The van der Waals surface area contributed by atoms with Crippen molar-refractivity contribution in [1.29, 1.82) is 0 Å². The summed E-state index contributed by atoms with van der Waals surface area (Å²) in [7, 11) is 0. The summed E-state index contributed by atoms with van der Waals surface area (Å²) >= 11 is 1.60.